The third-order valence-corrected chi connectivity index (χ3v) is 2.23. The third kappa shape index (κ3) is 6.07. The van der Waals surface area contributed by atoms with Gasteiger partial charge in [0.2, 0.25) is 0 Å². The van der Waals surface area contributed by atoms with E-state index in [4.69, 9.17) is 5.11 Å². The number of urea groups is 1. The van der Waals surface area contributed by atoms with Crippen LogP contribution >= 0.6 is 0 Å². The lowest BCUT2D eigenvalue weighted by molar-refractivity contribution is -0.142. The van der Waals surface area contributed by atoms with Gasteiger partial charge in [0.05, 0.1) is 13.5 Å². The molecule has 0 bridgehead atoms. The van der Waals surface area contributed by atoms with Crippen LogP contribution in [0.1, 0.15) is 27.2 Å². The van der Waals surface area contributed by atoms with Gasteiger partial charge in [-0.2, -0.15) is 0 Å². The minimum Gasteiger partial charge on any atom is -0.480 e. The molecule has 0 aromatic rings. The van der Waals surface area contributed by atoms with Gasteiger partial charge in [0.15, 0.2) is 0 Å². The van der Waals surface area contributed by atoms with Gasteiger partial charge >= 0.3 is 18.0 Å². The first-order chi connectivity index (χ1) is 8.18. The summed E-state index contributed by atoms with van der Waals surface area (Å²) in [5.74, 6) is -1.55. The summed E-state index contributed by atoms with van der Waals surface area (Å²) in [6.07, 6.45) is 0.0389. The van der Waals surface area contributed by atoms with Gasteiger partial charge in [-0.25, -0.2) is 9.59 Å². The molecule has 0 aliphatic carbocycles. The van der Waals surface area contributed by atoms with Crippen LogP contribution in [-0.4, -0.2) is 42.8 Å². The van der Waals surface area contributed by atoms with Crippen molar-refractivity contribution in [3.05, 3.63) is 0 Å². The van der Waals surface area contributed by atoms with E-state index in [1.807, 2.05) is 0 Å². The van der Waals surface area contributed by atoms with Gasteiger partial charge in [-0.1, -0.05) is 20.8 Å². The molecule has 0 aliphatic heterocycles. The molecular formula is C11H20N2O5. The second-order valence-corrected chi connectivity index (χ2v) is 4.86. The molecule has 0 fully saturated rings. The van der Waals surface area contributed by atoms with E-state index in [9.17, 15) is 14.4 Å². The molecule has 0 radical (unpaired) electrons. The Morgan fingerprint density at radius 3 is 2.22 bits per heavy atom. The molecule has 3 N–H and O–H groups in total. The molecule has 7 heteroatoms. The zero-order valence-corrected chi connectivity index (χ0v) is 11.1. The van der Waals surface area contributed by atoms with Gasteiger partial charge in [-0.15, -0.1) is 0 Å². The number of methoxy groups -OCH3 is 1. The van der Waals surface area contributed by atoms with Crippen LogP contribution in [0.5, 0.6) is 0 Å². The summed E-state index contributed by atoms with van der Waals surface area (Å²) < 4.78 is 4.40. The first-order valence-electron chi connectivity index (χ1n) is 5.52. The molecule has 0 aromatic heterocycles. The van der Waals surface area contributed by atoms with Gasteiger partial charge < -0.3 is 20.5 Å². The Hall–Kier alpha value is -1.79. The van der Waals surface area contributed by atoms with E-state index >= 15 is 0 Å². The molecule has 0 spiro atoms. The second kappa shape index (κ2) is 6.83. The highest BCUT2D eigenvalue weighted by Crippen LogP contribution is 2.19. The van der Waals surface area contributed by atoms with Crippen LogP contribution in [0.4, 0.5) is 4.79 Å². The number of aliphatic carboxylic acids is 1. The van der Waals surface area contributed by atoms with Crippen molar-refractivity contribution in [2.75, 3.05) is 13.7 Å². The Labute approximate surface area is 106 Å². The summed E-state index contributed by atoms with van der Waals surface area (Å²) >= 11 is 0. The van der Waals surface area contributed by atoms with E-state index in [0.29, 0.717) is 0 Å². The van der Waals surface area contributed by atoms with E-state index < -0.39 is 29.4 Å². The van der Waals surface area contributed by atoms with E-state index in [0.717, 1.165) is 0 Å². The first-order valence-corrected chi connectivity index (χ1v) is 5.52. The van der Waals surface area contributed by atoms with Gasteiger partial charge in [0.1, 0.15) is 6.04 Å². The Kier molecular flexibility index (Phi) is 6.15. The van der Waals surface area contributed by atoms with Crippen molar-refractivity contribution in [1.82, 2.24) is 10.6 Å². The molecule has 2 amide bonds. The highest BCUT2D eigenvalue weighted by molar-refractivity contribution is 5.83. The topological polar surface area (TPSA) is 105 Å². The number of carboxylic acid groups (broad SMARTS) is 1. The molecule has 0 aliphatic rings. The first kappa shape index (κ1) is 16.2. The van der Waals surface area contributed by atoms with Gasteiger partial charge in [-0.3, -0.25) is 4.79 Å². The number of rotatable bonds is 5. The average molecular weight is 260 g/mol. The maximum atomic E-state index is 11.4. The maximum Gasteiger partial charge on any atom is 0.326 e. The van der Waals surface area contributed by atoms with Crippen molar-refractivity contribution in [2.45, 2.75) is 33.2 Å². The molecule has 0 aromatic carbocycles. The number of carbonyl (C=O) groups is 3. The fourth-order valence-corrected chi connectivity index (χ4v) is 1.21. The van der Waals surface area contributed by atoms with Crippen molar-refractivity contribution < 1.29 is 24.2 Å². The standard InChI is InChI=1S/C11H20N2O5/c1-11(2,3)8(9(15)16)13-10(17)12-6-5-7(14)18-4/h8H,5-6H2,1-4H3,(H,15,16)(H2,12,13,17)/t8-/m0/s1. The number of hydrogen-bond acceptors (Lipinski definition) is 4. The largest absolute Gasteiger partial charge is 0.480 e. The normalized spacial score (nSPS) is 12.4. The fourth-order valence-electron chi connectivity index (χ4n) is 1.21. The van der Waals surface area contributed by atoms with Gasteiger partial charge in [-0.05, 0) is 5.41 Å². The highest BCUT2D eigenvalue weighted by Gasteiger charge is 2.32. The summed E-state index contributed by atoms with van der Waals surface area (Å²) in [5.41, 5.74) is -0.606. The summed E-state index contributed by atoms with van der Waals surface area (Å²) in [5, 5.41) is 13.7. The summed E-state index contributed by atoms with van der Waals surface area (Å²) in [6.45, 7) is 5.22. The minimum atomic E-state index is -1.11. The Bertz CT molecular complexity index is 322. The van der Waals surface area contributed by atoms with Crippen molar-refractivity contribution in [3.63, 3.8) is 0 Å². The molecule has 0 unspecified atom stereocenters. The van der Waals surface area contributed by atoms with E-state index in [-0.39, 0.29) is 13.0 Å². The molecule has 1 atom stereocenters. The lowest BCUT2D eigenvalue weighted by Gasteiger charge is -2.27. The zero-order chi connectivity index (χ0) is 14.3. The monoisotopic (exact) mass is 260 g/mol. The smallest absolute Gasteiger partial charge is 0.326 e. The van der Waals surface area contributed by atoms with Crippen LogP contribution in [0.3, 0.4) is 0 Å². The second-order valence-electron chi connectivity index (χ2n) is 4.86. The van der Waals surface area contributed by atoms with Crippen LogP contribution in [0.25, 0.3) is 0 Å². The molecular weight excluding hydrogens is 240 g/mol. The van der Waals surface area contributed by atoms with Gasteiger partial charge in [0.25, 0.3) is 0 Å². The number of carboxylic acids is 1. The quantitative estimate of drug-likeness (QED) is 0.618. The predicted octanol–water partition coefficient (Wildman–Crippen LogP) is 0.348. The Balaban J connectivity index is 4.20. The van der Waals surface area contributed by atoms with E-state index in [1.165, 1.54) is 7.11 Å². The van der Waals surface area contributed by atoms with Crippen LogP contribution in [-0.2, 0) is 14.3 Å². The van der Waals surface area contributed by atoms with Crippen LogP contribution in [0, 0.1) is 5.41 Å². The van der Waals surface area contributed by atoms with Crippen LogP contribution in [0.2, 0.25) is 0 Å². The molecule has 0 saturated heterocycles. The molecule has 0 saturated carbocycles. The lowest BCUT2D eigenvalue weighted by Crippen LogP contribution is -2.52. The van der Waals surface area contributed by atoms with Crippen molar-refractivity contribution in [3.8, 4) is 0 Å². The Morgan fingerprint density at radius 2 is 1.83 bits per heavy atom. The maximum absolute atomic E-state index is 11.4. The van der Waals surface area contributed by atoms with Crippen molar-refractivity contribution >= 4 is 18.0 Å². The van der Waals surface area contributed by atoms with Crippen LogP contribution in [0.15, 0.2) is 0 Å². The van der Waals surface area contributed by atoms with Crippen molar-refractivity contribution in [2.24, 2.45) is 5.41 Å². The number of esters is 1. The third-order valence-electron chi connectivity index (χ3n) is 2.23. The number of nitrogens with one attached hydrogen (secondary N) is 2. The number of amides is 2. The van der Waals surface area contributed by atoms with E-state index in [2.05, 4.69) is 15.4 Å². The number of carbonyl (C=O) groups excluding carboxylic acids is 2. The lowest BCUT2D eigenvalue weighted by atomic mass is 9.87. The number of hydrogen-bond donors (Lipinski definition) is 3. The predicted molar refractivity (Wildman–Crippen MR) is 64.0 cm³/mol. The molecule has 104 valence electrons. The summed E-state index contributed by atoms with van der Waals surface area (Å²) in [7, 11) is 1.25. The van der Waals surface area contributed by atoms with Gasteiger partial charge in [0, 0.05) is 6.54 Å². The summed E-state index contributed by atoms with van der Waals surface area (Å²) in [6, 6.07) is -1.63. The Morgan fingerprint density at radius 1 is 1.28 bits per heavy atom. The molecule has 18 heavy (non-hydrogen) atoms. The molecule has 0 heterocycles. The minimum absolute atomic E-state index is 0.0389. The average Bonchev–Trinajstić information content (AvgIpc) is 2.23. The fraction of sp³-hybridized carbons (Fsp3) is 0.727. The van der Waals surface area contributed by atoms with E-state index in [1.54, 1.807) is 20.8 Å². The zero-order valence-electron chi connectivity index (χ0n) is 11.1. The molecule has 0 rings (SSSR count). The molecule has 7 nitrogen and oxygen atoms in total. The van der Waals surface area contributed by atoms with Crippen molar-refractivity contribution in [1.29, 1.82) is 0 Å². The van der Waals surface area contributed by atoms with Crippen LogP contribution < -0.4 is 10.6 Å². The SMILES string of the molecule is COC(=O)CCNC(=O)N[C@@H](C(=O)O)C(C)(C)C. The number of ether oxygens (including phenoxy) is 1. The summed E-state index contributed by atoms with van der Waals surface area (Å²) in [4.78, 5) is 33.2. The highest BCUT2D eigenvalue weighted by atomic mass is 16.5.